The quantitative estimate of drug-likeness (QED) is 0.654. The van der Waals surface area contributed by atoms with E-state index in [-0.39, 0.29) is 6.10 Å². The van der Waals surface area contributed by atoms with Gasteiger partial charge in [0.05, 0.1) is 12.2 Å². The molecule has 1 heterocycles. The molecule has 1 saturated heterocycles. The van der Waals surface area contributed by atoms with Crippen LogP contribution in [0.5, 0.6) is 0 Å². The van der Waals surface area contributed by atoms with Gasteiger partial charge in [-0.15, -0.1) is 13.2 Å². The van der Waals surface area contributed by atoms with E-state index in [4.69, 9.17) is 9.84 Å². The van der Waals surface area contributed by atoms with Crippen molar-refractivity contribution < 1.29 is 9.84 Å². The lowest BCUT2D eigenvalue weighted by Gasteiger charge is -2.20. The lowest BCUT2D eigenvalue weighted by molar-refractivity contribution is 0.0810. The molecule has 0 spiro atoms. The lowest BCUT2D eigenvalue weighted by Crippen LogP contribution is -2.34. The first-order valence-electron chi connectivity index (χ1n) is 5.74. The Morgan fingerprint density at radius 2 is 1.80 bits per heavy atom. The summed E-state index contributed by atoms with van der Waals surface area (Å²) in [4.78, 5) is 0. The highest BCUT2D eigenvalue weighted by Gasteiger charge is 2.11. The van der Waals surface area contributed by atoms with Gasteiger partial charge in [-0.05, 0) is 38.6 Å². The smallest absolute Gasteiger partial charge is 0.0696 e. The molecule has 0 amide bonds. The predicted molar refractivity (Wildman–Crippen MR) is 64.0 cm³/mol. The number of rotatable bonds is 1. The molecule has 15 heavy (non-hydrogen) atoms. The van der Waals surface area contributed by atoms with E-state index in [2.05, 4.69) is 18.5 Å². The van der Waals surface area contributed by atoms with E-state index in [1.54, 1.807) is 7.11 Å². The summed E-state index contributed by atoms with van der Waals surface area (Å²) >= 11 is 0. The summed E-state index contributed by atoms with van der Waals surface area (Å²) < 4.78 is 5.13. The number of aliphatic hydroxyl groups excluding tert-OH is 1. The second kappa shape index (κ2) is 10.1. The van der Waals surface area contributed by atoms with Crippen molar-refractivity contribution in [3.63, 3.8) is 0 Å². The fraction of sp³-hybridized carbons (Fsp3) is 0.833. The Morgan fingerprint density at radius 1 is 1.20 bits per heavy atom. The molecule has 90 valence electrons. The first-order chi connectivity index (χ1) is 7.33. The van der Waals surface area contributed by atoms with Crippen molar-refractivity contribution in [3.05, 3.63) is 13.2 Å². The number of ether oxygens (including phenoxy) is 1. The minimum atomic E-state index is 0.0648. The molecule has 0 bridgehead atoms. The molecule has 0 radical (unpaired) electrons. The number of piperidine rings is 1. The summed E-state index contributed by atoms with van der Waals surface area (Å²) in [6.45, 7) is 8.20. The van der Waals surface area contributed by atoms with Crippen molar-refractivity contribution in [2.24, 2.45) is 0 Å². The van der Waals surface area contributed by atoms with Crippen LogP contribution in [0.25, 0.3) is 0 Å². The predicted octanol–water partition coefficient (Wildman–Crippen LogP) is 1.72. The van der Waals surface area contributed by atoms with Crippen molar-refractivity contribution in [2.75, 3.05) is 20.2 Å². The van der Waals surface area contributed by atoms with Gasteiger partial charge in [0.2, 0.25) is 0 Å². The molecule has 3 heteroatoms. The van der Waals surface area contributed by atoms with Crippen molar-refractivity contribution in [1.29, 1.82) is 0 Å². The van der Waals surface area contributed by atoms with Gasteiger partial charge in [0.25, 0.3) is 0 Å². The topological polar surface area (TPSA) is 41.5 Å². The van der Waals surface area contributed by atoms with Crippen molar-refractivity contribution in [1.82, 2.24) is 5.32 Å². The van der Waals surface area contributed by atoms with Crippen LogP contribution in [0.4, 0.5) is 0 Å². The highest BCUT2D eigenvalue weighted by atomic mass is 16.5. The van der Waals surface area contributed by atoms with E-state index in [9.17, 15) is 0 Å². The highest BCUT2D eigenvalue weighted by molar-refractivity contribution is 4.67. The fourth-order valence-corrected chi connectivity index (χ4v) is 1.41. The molecule has 0 aromatic heterocycles. The van der Waals surface area contributed by atoms with E-state index >= 15 is 0 Å². The second-order valence-electron chi connectivity index (χ2n) is 3.79. The molecule has 0 aromatic carbocycles. The molecule has 1 aliphatic heterocycles. The molecular weight excluding hydrogens is 190 g/mol. The summed E-state index contributed by atoms with van der Waals surface area (Å²) in [7, 11) is 1.78. The number of hydrogen-bond acceptors (Lipinski definition) is 3. The first-order valence-corrected chi connectivity index (χ1v) is 5.74. The van der Waals surface area contributed by atoms with Gasteiger partial charge in [-0.25, -0.2) is 0 Å². The van der Waals surface area contributed by atoms with Crippen LogP contribution in [0.2, 0.25) is 0 Å². The zero-order valence-electron chi connectivity index (χ0n) is 9.87. The average molecular weight is 215 g/mol. The monoisotopic (exact) mass is 215 g/mol. The Bertz CT molecular complexity index is 132. The van der Waals surface area contributed by atoms with Gasteiger partial charge in [-0.3, -0.25) is 0 Å². The van der Waals surface area contributed by atoms with Crippen LogP contribution >= 0.6 is 0 Å². The normalized spacial score (nSPS) is 25.1. The van der Waals surface area contributed by atoms with Crippen LogP contribution in [0.3, 0.4) is 0 Å². The molecule has 3 nitrogen and oxygen atoms in total. The molecule has 1 atom stereocenters. The van der Waals surface area contributed by atoms with Crippen molar-refractivity contribution >= 4 is 0 Å². The Labute approximate surface area is 93.5 Å². The van der Waals surface area contributed by atoms with Crippen LogP contribution in [0.15, 0.2) is 13.2 Å². The Morgan fingerprint density at radius 3 is 2.00 bits per heavy atom. The van der Waals surface area contributed by atoms with Crippen LogP contribution in [-0.4, -0.2) is 37.5 Å². The van der Waals surface area contributed by atoms with Gasteiger partial charge in [-0.2, -0.15) is 0 Å². The Hall–Kier alpha value is -0.380. The molecule has 1 saturated carbocycles. The highest BCUT2D eigenvalue weighted by Crippen LogP contribution is 2.16. The maximum Gasteiger partial charge on any atom is 0.0696 e. The largest absolute Gasteiger partial charge is 0.393 e. The summed E-state index contributed by atoms with van der Waals surface area (Å²) in [5.74, 6) is 0. The molecule has 2 rings (SSSR count). The van der Waals surface area contributed by atoms with Gasteiger partial charge in [0.15, 0.2) is 0 Å². The standard InChI is InChI=1S/C6H13NO.C4H8O.C2H4/c1-8-6-3-2-4-7-5-6;5-4-2-1-3-4;1-2/h6-7H,2-5H2,1H3;4-5H,1-3H2;1-2H2/t6-;;/m1../s1. The van der Waals surface area contributed by atoms with Gasteiger partial charge in [0, 0.05) is 13.7 Å². The van der Waals surface area contributed by atoms with Crippen LogP contribution in [-0.2, 0) is 4.74 Å². The third-order valence-electron chi connectivity index (χ3n) is 2.66. The number of nitrogens with one attached hydrogen (secondary N) is 1. The molecule has 0 unspecified atom stereocenters. The Kier molecular flexibility index (Phi) is 9.89. The second-order valence-corrected chi connectivity index (χ2v) is 3.79. The van der Waals surface area contributed by atoms with E-state index in [1.807, 2.05) is 0 Å². The van der Waals surface area contributed by atoms with Crippen molar-refractivity contribution in [2.45, 2.75) is 44.3 Å². The molecule has 1 aliphatic carbocycles. The zero-order chi connectivity index (χ0) is 11.5. The van der Waals surface area contributed by atoms with Gasteiger partial charge >= 0.3 is 0 Å². The van der Waals surface area contributed by atoms with Gasteiger partial charge in [-0.1, -0.05) is 0 Å². The lowest BCUT2D eigenvalue weighted by atomic mass is 9.97. The number of hydrogen-bond donors (Lipinski definition) is 2. The van der Waals surface area contributed by atoms with Crippen LogP contribution < -0.4 is 5.32 Å². The molecular formula is C12H25NO2. The van der Waals surface area contributed by atoms with E-state index < -0.39 is 0 Å². The van der Waals surface area contributed by atoms with Crippen LogP contribution in [0, 0.1) is 0 Å². The first kappa shape index (κ1) is 14.6. The van der Waals surface area contributed by atoms with E-state index in [1.165, 1.54) is 25.8 Å². The van der Waals surface area contributed by atoms with Gasteiger partial charge < -0.3 is 15.2 Å². The molecule has 2 fully saturated rings. The van der Waals surface area contributed by atoms with Crippen molar-refractivity contribution in [3.8, 4) is 0 Å². The summed E-state index contributed by atoms with van der Waals surface area (Å²) in [6.07, 6.45) is 6.35. The summed E-state index contributed by atoms with van der Waals surface area (Å²) in [5.41, 5.74) is 0. The third kappa shape index (κ3) is 7.54. The van der Waals surface area contributed by atoms with E-state index in [0.717, 1.165) is 19.4 Å². The van der Waals surface area contributed by atoms with Crippen LogP contribution in [0.1, 0.15) is 32.1 Å². The van der Waals surface area contributed by atoms with Gasteiger partial charge in [0.1, 0.15) is 0 Å². The summed E-state index contributed by atoms with van der Waals surface area (Å²) in [5, 5.41) is 11.7. The number of aliphatic hydroxyl groups is 1. The zero-order valence-corrected chi connectivity index (χ0v) is 9.87. The maximum atomic E-state index is 8.45. The SMILES string of the molecule is C=C.CO[C@@H]1CCCNC1.OC1CCC1. The minimum absolute atomic E-state index is 0.0648. The summed E-state index contributed by atoms with van der Waals surface area (Å²) in [6, 6.07) is 0. The van der Waals surface area contributed by atoms with E-state index in [0.29, 0.717) is 6.10 Å². The fourth-order valence-electron chi connectivity index (χ4n) is 1.41. The molecule has 2 N–H and O–H groups in total. The molecule has 2 aliphatic rings. The third-order valence-corrected chi connectivity index (χ3v) is 2.66. The Balaban J connectivity index is 0.000000241. The average Bonchev–Trinajstić information content (AvgIpc) is 2.31. The number of methoxy groups -OCH3 is 1. The molecule has 0 aromatic rings. The maximum absolute atomic E-state index is 8.45. The minimum Gasteiger partial charge on any atom is -0.393 e.